The van der Waals surface area contributed by atoms with Crippen LogP contribution in [-0.2, 0) is 16.1 Å². The van der Waals surface area contributed by atoms with Crippen molar-refractivity contribution in [3.63, 3.8) is 0 Å². The molecule has 0 unspecified atom stereocenters. The van der Waals surface area contributed by atoms with Crippen molar-refractivity contribution in [3.05, 3.63) is 33.8 Å². The maximum absolute atomic E-state index is 12.6. The number of amides is 2. The van der Waals surface area contributed by atoms with Gasteiger partial charge in [-0.25, -0.2) is 4.79 Å². The molecule has 1 fully saturated rings. The molecule has 0 spiro atoms. The van der Waals surface area contributed by atoms with Crippen LogP contribution in [0.25, 0.3) is 0 Å². The molecule has 2 amide bonds. The van der Waals surface area contributed by atoms with Crippen molar-refractivity contribution in [1.82, 2.24) is 10.2 Å². The summed E-state index contributed by atoms with van der Waals surface area (Å²) in [6.07, 6.45) is 1.91. The fraction of sp³-hybridized carbons (Fsp3) is 0.556. The first-order chi connectivity index (χ1) is 11.7. The van der Waals surface area contributed by atoms with Crippen molar-refractivity contribution in [2.75, 3.05) is 6.54 Å². The van der Waals surface area contributed by atoms with Gasteiger partial charge in [0.15, 0.2) is 0 Å². The van der Waals surface area contributed by atoms with Gasteiger partial charge in [-0.15, -0.1) is 0 Å². The molecule has 1 N–H and O–H groups in total. The summed E-state index contributed by atoms with van der Waals surface area (Å²) in [6.45, 7) is 6.16. The molecule has 0 saturated carbocycles. The molecule has 0 radical (unpaired) electrons. The number of hydrogen-bond acceptors (Lipinski definition) is 3. The molecular weight excluding hydrogens is 363 g/mol. The Labute approximate surface area is 158 Å². The number of benzene rings is 1. The fourth-order valence-electron chi connectivity index (χ4n) is 2.74. The number of halogens is 2. The lowest BCUT2D eigenvalue weighted by molar-refractivity contribution is -0.127. The van der Waals surface area contributed by atoms with E-state index in [0.29, 0.717) is 28.6 Å². The van der Waals surface area contributed by atoms with Gasteiger partial charge in [-0.1, -0.05) is 29.3 Å². The van der Waals surface area contributed by atoms with Crippen LogP contribution >= 0.6 is 23.2 Å². The van der Waals surface area contributed by atoms with Crippen LogP contribution in [0.1, 0.15) is 45.6 Å². The molecule has 1 saturated heterocycles. The minimum Gasteiger partial charge on any atom is -0.444 e. The van der Waals surface area contributed by atoms with Gasteiger partial charge < -0.3 is 10.1 Å². The Kier molecular flexibility index (Phi) is 6.58. The third-order valence-corrected chi connectivity index (χ3v) is 4.64. The summed E-state index contributed by atoms with van der Waals surface area (Å²) in [5.74, 6) is -0.221. The second kappa shape index (κ2) is 8.28. The summed E-state index contributed by atoms with van der Waals surface area (Å²) in [7, 11) is 0. The largest absolute Gasteiger partial charge is 0.444 e. The number of piperidine rings is 1. The number of hydrogen-bond donors (Lipinski definition) is 1. The maximum atomic E-state index is 12.6. The van der Waals surface area contributed by atoms with E-state index in [2.05, 4.69) is 5.32 Å². The monoisotopic (exact) mass is 386 g/mol. The Morgan fingerprint density at radius 2 is 1.88 bits per heavy atom. The first-order valence-corrected chi connectivity index (χ1v) is 9.15. The highest BCUT2D eigenvalue weighted by molar-refractivity contribution is 6.36. The minimum absolute atomic E-state index is 0.218. The van der Waals surface area contributed by atoms with E-state index < -0.39 is 17.7 Å². The topological polar surface area (TPSA) is 58.6 Å². The Bertz CT molecular complexity index is 623. The molecule has 138 valence electrons. The van der Waals surface area contributed by atoms with Crippen molar-refractivity contribution in [1.29, 1.82) is 0 Å². The zero-order chi connectivity index (χ0) is 18.6. The Morgan fingerprint density at radius 3 is 2.48 bits per heavy atom. The second-order valence-corrected chi connectivity index (χ2v) is 7.92. The molecule has 1 aliphatic heterocycles. The normalized spacial score (nSPS) is 18.0. The van der Waals surface area contributed by atoms with Crippen molar-refractivity contribution in [3.8, 4) is 0 Å². The molecule has 5 nitrogen and oxygen atoms in total. The highest BCUT2D eigenvalue weighted by atomic mass is 35.5. The Hall–Kier alpha value is -1.46. The lowest BCUT2D eigenvalue weighted by Gasteiger charge is -2.35. The second-order valence-electron chi connectivity index (χ2n) is 7.10. The standard InChI is InChI=1S/C18H24Cl2N2O3/c1-18(2,3)25-17(24)22-10-5-4-9-15(22)16(23)21-11-12-13(19)7-6-8-14(12)20/h6-8,15H,4-5,9-11H2,1-3H3,(H,21,23)/t15-/m1/s1. The molecule has 1 aromatic rings. The molecule has 2 rings (SSSR count). The molecule has 1 aromatic carbocycles. The van der Waals surface area contributed by atoms with Crippen LogP contribution in [0.3, 0.4) is 0 Å². The van der Waals surface area contributed by atoms with Crippen LogP contribution < -0.4 is 5.32 Å². The van der Waals surface area contributed by atoms with E-state index in [4.69, 9.17) is 27.9 Å². The Balaban J connectivity index is 2.04. The molecule has 0 aromatic heterocycles. The summed E-state index contributed by atoms with van der Waals surface area (Å²) in [6, 6.07) is 4.66. The third-order valence-electron chi connectivity index (χ3n) is 3.93. The molecule has 1 heterocycles. The van der Waals surface area contributed by atoms with Gasteiger partial charge in [-0.05, 0) is 52.2 Å². The number of carbonyl (C=O) groups is 2. The van der Waals surface area contributed by atoms with Gasteiger partial charge in [0, 0.05) is 28.7 Å². The zero-order valence-electron chi connectivity index (χ0n) is 14.8. The molecule has 25 heavy (non-hydrogen) atoms. The van der Waals surface area contributed by atoms with Crippen LogP contribution in [0.4, 0.5) is 4.79 Å². The van der Waals surface area contributed by atoms with Crippen molar-refractivity contribution < 1.29 is 14.3 Å². The number of rotatable bonds is 3. The number of carbonyl (C=O) groups excluding carboxylic acids is 2. The molecule has 1 atom stereocenters. The maximum Gasteiger partial charge on any atom is 0.410 e. The van der Waals surface area contributed by atoms with E-state index in [1.54, 1.807) is 18.2 Å². The average Bonchev–Trinajstić information content (AvgIpc) is 2.52. The molecule has 0 bridgehead atoms. The van der Waals surface area contributed by atoms with Gasteiger partial charge in [0.05, 0.1) is 0 Å². The van der Waals surface area contributed by atoms with E-state index in [0.717, 1.165) is 12.8 Å². The van der Waals surface area contributed by atoms with Crippen LogP contribution in [0, 0.1) is 0 Å². The van der Waals surface area contributed by atoms with Crippen molar-refractivity contribution >= 4 is 35.2 Å². The highest BCUT2D eigenvalue weighted by Gasteiger charge is 2.34. The summed E-state index contributed by atoms with van der Waals surface area (Å²) in [5, 5.41) is 3.84. The molecule has 0 aliphatic carbocycles. The minimum atomic E-state index is -0.597. The predicted molar refractivity (Wildman–Crippen MR) is 98.9 cm³/mol. The van der Waals surface area contributed by atoms with E-state index in [9.17, 15) is 9.59 Å². The van der Waals surface area contributed by atoms with E-state index >= 15 is 0 Å². The van der Waals surface area contributed by atoms with Gasteiger partial charge in [-0.2, -0.15) is 0 Å². The smallest absolute Gasteiger partial charge is 0.410 e. The van der Waals surface area contributed by atoms with Crippen LogP contribution in [-0.4, -0.2) is 35.1 Å². The van der Waals surface area contributed by atoms with Gasteiger partial charge in [-0.3, -0.25) is 9.69 Å². The first-order valence-electron chi connectivity index (χ1n) is 8.39. The summed E-state index contributed by atoms with van der Waals surface area (Å²) in [5.41, 5.74) is 0.0690. The van der Waals surface area contributed by atoms with Crippen LogP contribution in [0.5, 0.6) is 0 Å². The molecule has 7 heteroatoms. The quantitative estimate of drug-likeness (QED) is 0.837. The lowest BCUT2D eigenvalue weighted by atomic mass is 10.0. The summed E-state index contributed by atoms with van der Waals surface area (Å²) in [4.78, 5) is 26.5. The molecule has 1 aliphatic rings. The van der Waals surface area contributed by atoms with E-state index in [1.807, 2.05) is 20.8 Å². The number of nitrogens with one attached hydrogen (secondary N) is 1. The van der Waals surface area contributed by atoms with Crippen LogP contribution in [0.15, 0.2) is 18.2 Å². The third kappa shape index (κ3) is 5.51. The predicted octanol–water partition coefficient (Wildman–Crippen LogP) is 4.40. The number of likely N-dealkylation sites (tertiary alicyclic amines) is 1. The summed E-state index contributed by atoms with van der Waals surface area (Å²) >= 11 is 12.3. The zero-order valence-corrected chi connectivity index (χ0v) is 16.3. The van der Waals surface area contributed by atoms with E-state index in [-0.39, 0.29) is 12.5 Å². The average molecular weight is 387 g/mol. The molecular formula is C18H24Cl2N2O3. The van der Waals surface area contributed by atoms with Crippen LogP contribution in [0.2, 0.25) is 10.0 Å². The number of nitrogens with zero attached hydrogens (tertiary/aromatic N) is 1. The van der Waals surface area contributed by atoms with Gasteiger partial charge in [0.2, 0.25) is 5.91 Å². The first kappa shape index (κ1) is 19.9. The van der Waals surface area contributed by atoms with Gasteiger partial charge in [0.1, 0.15) is 11.6 Å². The van der Waals surface area contributed by atoms with Crippen molar-refractivity contribution in [2.45, 2.75) is 58.2 Å². The van der Waals surface area contributed by atoms with E-state index in [1.165, 1.54) is 4.90 Å². The SMILES string of the molecule is CC(C)(C)OC(=O)N1CCCC[C@@H]1C(=O)NCc1c(Cl)cccc1Cl. The van der Waals surface area contributed by atoms with Crippen molar-refractivity contribution in [2.24, 2.45) is 0 Å². The lowest BCUT2D eigenvalue weighted by Crippen LogP contribution is -2.53. The summed E-state index contributed by atoms with van der Waals surface area (Å²) < 4.78 is 5.42. The van der Waals surface area contributed by atoms with Gasteiger partial charge in [0.25, 0.3) is 0 Å². The van der Waals surface area contributed by atoms with Gasteiger partial charge >= 0.3 is 6.09 Å². The Morgan fingerprint density at radius 1 is 1.24 bits per heavy atom. The number of ether oxygens (including phenoxy) is 1. The fourth-order valence-corrected chi connectivity index (χ4v) is 3.27. The highest BCUT2D eigenvalue weighted by Crippen LogP contribution is 2.25.